The highest BCUT2D eigenvalue weighted by Gasteiger charge is 2.22. The number of aryl methyl sites for hydroxylation is 2. The van der Waals surface area contributed by atoms with E-state index in [1.165, 1.54) is 5.56 Å². The van der Waals surface area contributed by atoms with Crippen LogP contribution in [0.1, 0.15) is 29.7 Å². The van der Waals surface area contributed by atoms with Gasteiger partial charge in [0.1, 0.15) is 12.0 Å². The average molecular weight is 477 g/mol. The van der Waals surface area contributed by atoms with Crippen molar-refractivity contribution < 1.29 is 13.9 Å². The van der Waals surface area contributed by atoms with Crippen molar-refractivity contribution in [1.82, 2.24) is 19.7 Å². The molecule has 0 radical (unpaired) electrons. The summed E-state index contributed by atoms with van der Waals surface area (Å²) in [7, 11) is 1.67. The van der Waals surface area contributed by atoms with Crippen LogP contribution in [0.3, 0.4) is 0 Å². The number of thioether (sulfide) groups is 1. The van der Waals surface area contributed by atoms with Gasteiger partial charge in [0.25, 0.3) is 0 Å². The quantitative estimate of drug-likeness (QED) is 0.302. The molecule has 8 heteroatoms. The Labute approximate surface area is 203 Å². The SMILES string of the molecule is COc1ccc(-c2nnc(SCc3coc(-c4ccc(C)cc4C)n3)n2CC2CCCO2)cc1. The van der Waals surface area contributed by atoms with Gasteiger partial charge >= 0.3 is 0 Å². The molecule has 4 aromatic rings. The van der Waals surface area contributed by atoms with E-state index in [2.05, 4.69) is 46.8 Å². The molecule has 0 saturated carbocycles. The number of oxazole rings is 1. The number of benzene rings is 2. The van der Waals surface area contributed by atoms with E-state index in [0.29, 0.717) is 11.6 Å². The van der Waals surface area contributed by atoms with E-state index in [4.69, 9.17) is 18.9 Å². The van der Waals surface area contributed by atoms with Gasteiger partial charge in [-0.3, -0.25) is 4.57 Å². The largest absolute Gasteiger partial charge is 0.497 e. The molecule has 1 saturated heterocycles. The lowest BCUT2D eigenvalue weighted by molar-refractivity contribution is 0.0953. The van der Waals surface area contributed by atoms with Gasteiger partial charge in [0.2, 0.25) is 5.89 Å². The number of methoxy groups -OCH3 is 1. The fourth-order valence-corrected chi connectivity index (χ4v) is 5.02. The van der Waals surface area contributed by atoms with Crippen molar-refractivity contribution in [2.45, 2.75) is 50.2 Å². The molecule has 0 spiro atoms. The van der Waals surface area contributed by atoms with Crippen molar-refractivity contribution in [1.29, 1.82) is 0 Å². The summed E-state index contributed by atoms with van der Waals surface area (Å²) in [5.41, 5.74) is 5.27. The molecular weight excluding hydrogens is 448 g/mol. The molecule has 1 aliphatic heterocycles. The maximum atomic E-state index is 5.91. The monoisotopic (exact) mass is 476 g/mol. The Bertz CT molecular complexity index is 1260. The Hall–Kier alpha value is -3.10. The molecule has 1 atom stereocenters. The van der Waals surface area contributed by atoms with Crippen LogP contribution >= 0.6 is 11.8 Å². The van der Waals surface area contributed by atoms with Gasteiger partial charge in [0, 0.05) is 23.5 Å². The zero-order valence-electron chi connectivity index (χ0n) is 19.7. The van der Waals surface area contributed by atoms with Gasteiger partial charge in [-0.15, -0.1) is 10.2 Å². The summed E-state index contributed by atoms with van der Waals surface area (Å²) in [6, 6.07) is 14.2. The van der Waals surface area contributed by atoms with E-state index >= 15 is 0 Å². The van der Waals surface area contributed by atoms with E-state index in [1.54, 1.807) is 25.1 Å². The number of nitrogens with zero attached hydrogens (tertiary/aromatic N) is 4. The Kier molecular flexibility index (Phi) is 6.69. The standard InChI is InChI=1S/C26H28N4O3S/c1-17-6-11-23(18(2)13-17)25-27-20(15-33-25)16-34-26-29-28-24(19-7-9-21(31-3)10-8-19)30(26)14-22-5-4-12-32-22/h6-11,13,15,22H,4-5,12,14,16H2,1-3H3. The lowest BCUT2D eigenvalue weighted by Crippen LogP contribution is -2.16. The van der Waals surface area contributed by atoms with Crippen molar-refractivity contribution in [3.8, 4) is 28.6 Å². The maximum absolute atomic E-state index is 5.91. The average Bonchev–Trinajstić information content (AvgIpc) is 3.60. The fraction of sp³-hybridized carbons (Fsp3) is 0.346. The van der Waals surface area contributed by atoms with E-state index in [1.807, 2.05) is 24.3 Å². The third-order valence-corrected chi connectivity index (χ3v) is 6.99. The number of rotatable bonds is 8. The minimum atomic E-state index is 0.176. The molecule has 7 nitrogen and oxygen atoms in total. The van der Waals surface area contributed by atoms with Crippen molar-refractivity contribution in [2.24, 2.45) is 0 Å². The number of ether oxygens (including phenoxy) is 2. The molecule has 2 aromatic heterocycles. The summed E-state index contributed by atoms with van der Waals surface area (Å²) in [4.78, 5) is 4.72. The Morgan fingerprint density at radius 3 is 2.71 bits per heavy atom. The second-order valence-electron chi connectivity index (χ2n) is 8.53. The van der Waals surface area contributed by atoms with Crippen LogP contribution in [0.4, 0.5) is 0 Å². The zero-order chi connectivity index (χ0) is 23.5. The molecule has 34 heavy (non-hydrogen) atoms. The van der Waals surface area contributed by atoms with Crippen LogP contribution in [-0.4, -0.2) is 39.6 Å². The minimum absolute atomic E-state index is 0.176. The van der Waals surface area contributed by atoms with E-state index in [-0.39, 0.29) is 6.10 Å². The topological polar surface area (TPSA) is 75.2 Å². The highest BCUT2D eigenvalue weighted by Crippen LogP contribution is 2.30. The van der Waals surface area contributed by atoms with E-state index in [9.17, 15) is 0 Å². The number of hydrogen-bond acceptors (Lipinski definition) is 7. The van der Waals surface area contributed by atoms with Crippen LogP contribution < -0.4 is 4.74 Å². The first kappa shape index (κ1) is 22.7. The lowest BCUT2D eigenvalue weighted by Gasteiger charge is -2.14. The molecule has 5 rings (SSSR count). The first-order valence-electron chi connectivity index (χ1n) is 11.4. The Balaban J connectivity index is 1.37. The third-order valence-electron chi connectivity index (χ3n) is 5.99. The molecule has 1 unspecified atom stereocenters. The maximum Gasteiger partial charge on any atom is 0.226 e. The summed E-state index contributed by atoms with van der Waals surface area (Å²) in [6.45, 7) is 5.70. The summed E-state index contributed by atoms with van der Waals surface area (Å²) in [6.07, 6.45) is 4.04. The third kappa shape index (κ3) is 4.88. The number of hydrogen-bond donors (Lipinski definition) is 0. The second kappa shape index (κ2) is 10.0. The predicted octanol–water partition coefficient (Wildman–Crippen LogP) is 5.70. The highest BCUT2D eigenvalue weighted by molar-refractivity contribution is 7.98. The van der Waals surface area contributed by atoms with Crippen molar-refractivity contribution in [3.63, 3.8) is 0 Å². The first-order valence-corrected chi connectivity index (χ1v) is 12.4. The van der Waals surface area contributed by atoms with Crippen LogP contribution in [0.2, 0.25) is 0 Å². The normalized spacial score (nSPS) is 15.7. The van der Waals surface area contributed by atoms with Crippen molar-refractivity contribution in [2.75, 3.05) is 13.7 Å². The molecule has 1 aliphatic rings. The van der Waals surface area contributed by atoms with Gasteiger partial charge < -0.3 is 13.9 Å². The number of aromatic nitrogens is 4. The van der Waals surface area contributed by atoms with Gasteiger partial charge in [0.05, 0.1) is 25.5 Å². The first-order chi connectivity index (χ1) is 16.6. The fourth-order valence-electron chi connectivity index (χ4n) is 4.19. The summed E-state index contributed by atoms with van der Waals surface area (Å²) < 4.78 is 19.2. The zero-order valence-corrected chi connectivity index (χ0v) is 20.5. The Morgan fingerprint density at radius 2 is 1.97 bits per heavy atom. The lowest BCUT2D eigenvalue weighted by atomic mass is 10.1. The second-order valence-corrected chi connectivity index (χ2v) is 9.47. The van der Waals surface area contributed by atoms with Crippen molar-refractivity contribution in [3.05, 3.63) is 65.5 Å². The van der Waals surface area contributed by atoms with Gasteiger partial charge in [-0.1, -0.05) is 29.5 Å². The molecule has 0 amide bonds. The van der Waals surface area contributed by atoms with Crippen molar-refractivity contribution >= 4 is 11.8 Å². The molecule has 0 bridgehead atoms. The van der Waals surface area contributed by atoms with Crippen LogP contribution in [0, 0.1) is 13.8 Å². The van der Waals surface area contributed by atoms with Crippen LogP contribution in [0.5, 0.6) is 5.75 Å². The minimum Gasteiger partial charge on any atom is -0.497 e. The smallest absolute Gasteiger partial charge is 0.226 e. The molecule has 1 fully saturated rings. The van der Waals surface area contributed by atoms with Gasteiger partial charge in [-0.05, 0) is 62.6 Å². The highest BCUT2D eigenvalue weighted by atomic mass is 32.2. The van der Waals surface area contributed by atoms with Crippen LogP contribution in [-0.2, 0) is 17.0 Å². The molecule has 176 valence electrons. The Morgan fingerprint density at radius 1 is 1.12 bits per heavy atom. The van der Waals surface area contributed by atoms with Gasteiger partial charge in [0.15, 0.2) is 11.0 Å². The molecule has 3 heterocycles. The molecule has 0 N–H and O–H groups in total. The van der Waals surface area contributed by atoms with E-state index in [0.717, 1.165) is 65.1 Å². The summed E-state index contributed by atoms with van der Waals surface area (Å²) >= 11 is 1.61. The van der Waals surface area contributed by atoms with Crippen LogP contribution in [0.15, 0.2) is 58.3 Å². The molecular formula is C26H28N4O3S. The van der Waals surface area contributed by atoms with E-state index < -0.39 is 0 Å². The molecule has 2 aromatic carbocycles. The summed E-state index contributed by atoms with van der Waals surface area (Å²) in [5.74, 6) is 2.93. The molecule has 0 aliphatic carbocycles. The van der Waals surface area contributed by atoms with Crippen LogP contribution in [0.25, 0.3) is 22.8 Å². The van der Waals surface area contributed by atoms with Gasteiger partial charge in [-0.2, -0.15) is 0 Å². The summed E-state index contributed by atoms with van der Waals surface area (Å²) in [5, 5.41) is 9.88. The predicted molar refractivity (Wildman–Crippen MR) is 132 cm³/mol. The van der Waals surface area contributed by atoms with Gasteiger partial charge in [-0.25, -0.2) is 4.98 Å².